The number of hydrogen-bond acceptors (Lipinski definition) is 2. The van der Waals surface area contributed by atoms with E-state index in [9.17, 15) is 4.79 Å². The van der Waals surface area contributed by atoms with Gasteiger partial charge in [0.15, 0.2) is 0 Å². The Morgan fingerprint density at radius 3 is 3.00 bits per heavy atom. The number of fused-ring (bicyclic) bond motifs is 4. The average molecular weight is 227 g/mol. The molecule has 5 rings (SSSR count). The first-order valence-corrected chi connectivity index (χ1v) is 6.37. The van der Waals surface area contributed by atoms with E-state index in [4.69, 9.17) is 4.74 Å². The Morgan fingerprint density at radius 2 is 2.18 bits per heavy atom. The normalized spacial score (nSPS) is 44.4. The summed E-state index contributed by atoms with van der Waals surface area (Å²) in [5, 5.41) is 0. The smallest absolute Gasteiger partial charge is 0.254 e. The van der Waals surface area contributed by atoms with Gasteiger partial charge in [-0.1, -0.05) is 18.2 Å². The number of hydrogen-bond donors (Lipinski definition) is 0. The molecule has 3 heteroatoms. The predicted octanol–water partition coefficient (Wildman–Crippen LogP) is 1.40. The zero-order chi connectivity index (χ0) is 11.2. The predicted molar refractivity (Wildman–Crippen MR) is 60.8 cm³/mol. The molecule has 3 aliphatic heterocycles. The van der Waals surface area contributed by atoms with Crippen LogP contribution < -0.4 is 0 Å². The average Bonchev–Trinajstić information content (AvgIpc) is 3.07. The van der Waals surface area contributed by atoms with Crippen LogP contribution in [0.15, 0.2) is 24.3 Å². The van der Waals surface area contributed by atoms with Crippen molar-refractivity contribution in [2.45, 2.75) is 24.0 Å². The summed E-state index contributed by atoms with van der Waals surface area (Å²) in [5.74, 6) is 1.29. The maximum Gasteiger partial charge on any atom is 0.254 e. The Labute approximate surface area is 99.4 Å². The molecule has 0 radical (unpaired) electrons. The van der Waals surface area contributed by atoms with Crippen LogP contribution in [-0.4, -0.2) is 35.6 Å². The molecule has 0 N–H and O–H groups in total. The summed E-state index contributed by atoms with van der Waals surface area (Å²) in [6, 6.07) is 8.52. The Hall–Kier alpha value is -1.35. The molecule has 0 unspecified atom stereocenters. The fourth-order valence-corrected chi connectivity index (χ4v) is 4.44. The van der Waals surface area contributed by atoms with Gasteiger partial charge in [-0.05, 0) is 18.1 Å². The molecule has 1 aromatic rings. The molecule has 4 aliphatic rings. The molecule has 0 bridgehead atoms. The van der Waals surface area contributed by atoms with Crippen molar-refractivity contribution in [1.29, 1.82) is 0 Å². The number of amides is 1. The van der Waals surface area contributed by atoms with Crippen LogP contribution >= 0.6 is 0 Å². The van der Waals surface area contributed by atoms with Crippen LogP contribution in [0, 0.1) is 5.92 Å². The molecule has 3 nitrogen and oxygen atoms in total. The number of rotatable bonds is 0. The van der Waals surface area contributed by atoms with Gasteiger partial charge in [0.2, 0.25) is 0 Å². The lowest BCUT2D eigenvalue weighted by Crippen LogP contribution is -2.62. The lowest BCUT2D eigenvalue weighted by atomic mass is 9.56. The third-order valence-corrected chi connectivity index (χ3v) is 5.21. The van der Waals surface area contributed by atoms with Gasteiger partial charge >= 0.3 is 0 Å². The number of carbonyl (C=O) groups is 1. The highest BCUT2D eigenvalue weighted by Gasteiger charge is 2.75. The van der Waals surface area contributed by atoms with Gasteiger partial charge in [0, 0.05) is 30.0 Å². The maximum atomic E-state index is 12.4. The standard InChI is InChI=1S/C14H13NO2/c16-13-9-4-2-1-3-8(9)11-12-10(5-6-15(12)13)14(11)7-17-14/h1-4,10-12H,5-7H2/t10-,11+,12+,14+/m1/s1. The Bertz CT molecular complexity index is 549. The van der Waals surface area contributed by atoms with Crippen molar-refractivity contribution < 1.29 is 9.53 Å². The second-order valence-corrected chi connectivity index (χ2v) is 5.69. The third kappa shape index (κ3) is 0.757. The van der Waals surface area contributed by atoms with Crippen molar-refractivity contribution in [2.24, 2.45) is 5.92 Å². The van der Waals surface area contributed by atoms with E-state index >= 15 is 0 Å². The van der Waals surface area contributed by atoms with E-state index in [1.807, 2.05) is 18.2 Å². The van der Waals surface area contributed by atoms with Gasteiger partial charge in [-0.2, -0.15) is 0 Å². The molecule has 1 saturated carbocycles. The van der Waals surface area contributed by atoms with Gasteiger partial charge in [0.05, 0.1) is 6.61 Å². The zero-order valence-electron chi connectivity index (χ0n) is 9.43. The van der Waals surface area contributed by atoms with Crippen LogP contribution in [0.25, 0.3) is 0 Å². The van der Waals surface area contributed by atoms with E-state index < -0.39 is 0 Å². The first-order valence-electron chi connectivity index (χ1n) is 6.37. The van der Waals surface area contributed by atoms with E-state index in [0.29, 0.717) is 17.9 Å². The van der Waals surface area contributed by atoms with E-state index in [-0.39, 0.29) is 11.5 Å². The molecule has 0 aromatic heterocycles. The minimum atomic E-state index is 0.107. The molecule has 86 valence electrons. The molecule has 17 heavy (non-hydrogen) atoms. The van der Waals surface area contributed by atoms with Crippen molar-refractivity contribution >= 4 is 5.91 Å². The van der Waals surface area contributed by atoms with Crippen molar-refractivity contribution in [3.8, 4) is 0 Å². The number of benzene rings is 1. The first-order chi connectivity index (χ1) is 8.33. The molecule has 1 amide bonds. The van der Waals surface area contributed by atoms with Gasteiger partial charge < -0.3 is 9.64 Å². The number of carbonyl (C=O) groups excluding carboxylic acids is 1. The van der Waals surface area contributed by atoms with Crippen molar-refractivity contribution in [3.63, 3.8) is 0 Å². The number of ether oxygens (including phenoxy) is 1. The highest BCUT2D eigenvalue weighted by Crippen LogP contribution is 2.67. The van der Waals surface area contributed by atoms with Crippen molar-refractivity contribution in [3.05, 3.63) is 35.4 Å². The molecule has 3 heterocycles. The second kappa shape index (κ2) is 2.41. The Balaban J connectivity index is 1.77. The van der Waals surface area contributed by atoms with Crippen LogP contribution in [0.5, 0.6) is 0 Å². The third-order valence-electron chi connectivity index (χ3n) is 5.21. The van der Waals surface area contributed by atoms with Crippen LogP contribution in [0.3, 0.4) is 0 Å². The molecule has 4 atom stereocenters. The van der Waals surface area contributed by atoms with Crippen LogP contribution in [0.1, 0.15) is 28.3 Å². The highest BCUT2D eigenvalue weighted by molar-refractivity contribution is 5.98. The maximum absolute atomic E-state index is 12.4. The van der Waals surface area contributed by atoms with Gasteiger partial charge in [0.1, 0.15) is 5.60 Å². The lowest BCUT2D eigenvalue weighted by molar-refractivity contribution is -0.000727. The molecule has 1 spiro atoms. The molecular weight excluding hydrogens is 214 g/mol. The fraction of sp³-hybridized carbons (Fsp3) is 0.500. The summed E-state index contributed by atoms with van der Waals surface area (Å²) in [7, 11) is 0. The first kappa shape index (κ1) is 8.70. The zero-order valence-corrected chi connectivity index (χ0v) is 9.43. The summed E-state index contributed by atoms with van der Waals surface area (Å²) in [5.41, 5.74) is 2.24. The minimum absolute atomic E-state index is 0.107. The minimum Gasteiger partial charge on any atom is -0.368 e. The summed E-state index contributed by atoms with van der Waals surface area (Å²) >= 11 is 0. The van der Waals surface area contributed by atoms with Gasteiger partial charge in [-0.3, -0.25) is 4.79 Å². The van der Waals surface area contributed by atoms with E-state index in [1.54, 1.807) is 0 Å². The van der Waals surface area contributed by atoms with Gasteiger partial charge in [-0.25, -0.2) is 0 Å². The van der Waals surface area contributed by atoms with Crippen LogP contribution in [-0.2, 0) is 4.74 Å². The quantitative estimate of drug-likeness (QED) is 0.628. The SMILES string of the molecule is O=C1c2ccccc2[C@H]2[C@@H]3[C@@H](CCN13)[C@@]21CO1. The summed E-state index contributed by atoms with van der Waals surface area (Å²) in [6.45, 7) is 1.82. The van der Waals surface area contributed by atoms with Crippen LogP contribution in [0.2, 0.25) is 0 Å². The molecule has 3 fully saturated rings. The molecule has 1 aromatic carbocycles. The van der Waals surface area contributed by atoms with Gasteiger partial charge in [0.25, 0.3) is 5.91 Å². The van der Waals surface area contributed by atoms with E-state index in [1.165, 1.54) is 5.56 Å². The monoisotopic (exact) mass is 227 g/mol. The Morgan fingerprint density at radius 1 is 1.35 bits per heavy atom. The van der Waals surface area contributed by atoms with Crippen molar-refractivity contribution in [2.75, 3.05) is 13.2 Å². The largest absolute Gasteiger partial charge is 0.368 e. The van der Waals surface area contributed by atoms with Gasteiger partial charge in [-0.15, -0.1) is 0 Å². The molecule has 2 saturated heterocycles. The number of nitrogens with zero attached hydrogens (tertiary/aromatic N) is 1. The summed E-state index contributed by atoms with van der Waals surface area (Å²) < 4.78 is 5.79. The Kier molecular flexibility index (Phi) is 1.23. The second-order valence-electron chi connectivity index (χ2n) is 5.69. The van der Waals surface area contributed by atoms with Crippen LogP contribution in [0.4, 0.5) is 0 Å². The lowest BCUT2D eigenvalue weighted by Gasteiger charge is -2.53. The molecular formula is C14H13NO2. The summed E-state index contributed by atoms with van der Waals surface area (Å²) in [6.07, 6.45) is 1.13. The summed E-state index contributed by atoms with van der Waals surface area (Å²) in [4.78, 5) is 14.5. The van der Waals surface area contributed by atoms with E-state index in [0.717, 1.165) is 25.1 Å². The topological polar surface area (TPSA) is 32.8 Å². The fourth-order valence-electron chi connectivity index (χ4n) is 4.44. The van der Waals surface area contributed by atoms with E-state index in [2.05, 4.69) is 11.0 Å². The highest BCUT2D eigenvalue weighted by atomic mass is 16.6. The number of epoxide rings is 1. The molecule has 1 aliphatic carbocycles. The van der Waals surface area contributed by atoms with Crippen molar-refractivity contribution in [1.82, 2.24) is 4.90 Å².